The van der Waals surface area contributed by atoms with Gasteiger partial charge >= 0.3 is 0 Å². The Morgan fingerprint density at radius 1 is 1.50 bits per heavy atom. The first kappa shape index (κ1) is 13.6. The standard InChI is InChI=1S/C9H20N2O2S/c1-7(2)6-8(10)9(12)11-4-5-14(3)13/h7-8H,4-6,10H2,1-3H3,(H,11,12). The highest BCUT2D eigenvalue weighted by atomic mass is 32.2. The van der Waals surface area contributed by atoms with E-state index in [1.807, 2.05) is 13.8 Å². The van der Waals surface area contributed by atoms with Gasteiger partial charge in [0.2, 0.25) is 5.91 Å². The Bertz CT molecular complexity index is 207. The lowest BCUT2D eigenvalue weighted by atomic mass is 10.0. The molecule has 2 atom stereocenters. The van der Waals surface area contributed by atoms with Crippen LogP contribution in [0.15, 0.2) is 0 Å². The molecule has 0 rings (SSSR count). The molecule has 0 radical (unpaired) electrons. The Labute approximate surface area is 88.1 Å². The van der Waals surface area contributed by atoms with Crippen molar-refractivity contribution in [3.63, 3.8) is 0 Å². The third-order valence-corrected chi connectivity index (χ3v) is 2.53. The van der Waals surface area contributed by atoms with Crippen LogP contribution in [0, 0.1) is 5.92 Å². The second-order valence-electron chi connectivity index (χ2n) is 3.80. The number of hydrogen-bond donors (Lipinski definition) is 2. The Balaban J connectivity index is 3.67. The number of amides is 1. The lowest BCUT2D eigenvalue weighted by molar-refractivity contribution is -0.122. The van der Waals surface area contributed by atoms with Crippen LogP contribution < -0.4 is 11.1 Å². The summed E-state index contributed by atoms with van der Waals surface area (Å²) >= 11 is 0. The van der Waals surface area contributed by atoms with Crippen LogP contribution in [0.25, 0.3) is 0 Å². The SMILES string of the molecule is CC(C)CC(N)C(=O)NCCS(C)=O. The van der Waals surface area contributed by atoms with Gasteiger partial charge in [0, 0.05) is 29.4 Å². The average molecular weight is 220 g/mol. The van der Waals surface area contributed by atoms with Gasteiger partial charge in [-0.15, -0.1) is 0 Å². The van der Waals surface area contributed by atoms with Crippen molar-refractivity contribution < 1.29 is 9.00 Å². The van der Waals surface area contributed by atoms with E-state index < -0.39 is 16.8 Å². The summed E-state index contributed by atoms with van der Waals surface area (Å²) in [6.07, 6.45) is 2.29. The molecule has 1 amide bonds. The Morgan fingerprint density at radius 2 is 2.07 bits per heavy atom. The molecule has 0 bridgehead atoms. The molecule has 84 valence electrons. The predicted molar refractivity (Wildman–Crippen MR) is 59.4 cm³/mol. The van der Waals surface area contributed by atoms with Crippen LogP contribution >= 0.6 is 0 Å². The van der Waals surface area contributed by atoms with Crippen LogP contribution in [0.2, 0.25) is 0 Å². The van der Waals surface area contributed by atoms with Crippen molar-refractivity contribution in [2.24, 2.45) is 11.7 Å². The first-order valence-corrected chi connectivity index (χ1v) is 6.49. The smallest absolute Gasteiger partial charge is 0.236 e. The van der Waals surface area contributed by atoms with Crippen LogP contribution in [0.5, 0.6) is 0 Å². The van der Waals surface area contributed by atoms with E-state index in [4.69, 9.17) is 5.73 Å². The van der Waals surface area contributed by atoms with Crippen molar-refractivity contribution in [3.05, 3.63) is 0 Å². The zero-order valence-corrected chi connectivity index (χ0v) is 9.89. The number of nitrogens with one attached hydrogen (secondary N) is 1. The molecule has 0 aromatic heterocycles. The van der Waals surface area contributed by atoms with Gasteiger partial charge in [0.25, 0.3) is 0 Å². The van der Waals surface area contributed by atoms with Gasteiger partial charge in [0.15, 0.2) is 0 Å². The molecule has 14 heavy (non-hydrogen) atoms. The third kappa shape index (κ3) is 7.03. The third-order valence-electron chi connectivity index (χ3n) is 1.75. The Morgan fingerprint density at radius 3 is 2.50 bits per heavy atom. The molecular weight excluding hydrogens is 200 g/mol. The van der Waals surface area contributed by atoms with E-state index in [-0.39, 0.29) is 5.91 Å². The fourth-order valence-electron chi connectivity index (χ4n) is 1.06. The van der Waals surface area contributed by atoms with Gasteiger partial charge < -0.3 is 11.1 Å². The van der Waals surface area contributed by atoms with Crippen molar-refractivity contribution in [3.8, 4) is 0 Å². The lowest BCUT2D eigenvalue weighted by Crippen LogP contribution is -2.42. The normalized spacial score (nSPS) is 15.2. The minimum Gasteiger partial charge on any atom is -0.354 e. The van der Waals surface area contributed by atoms with E-state index in [0.29, 0.717) is 24.6 Å². The summed E-state index contributed by atoms with van der Waals surface area (Å²) in [5.41, 5.74) is 5.65. The quantitative estimate of drug-likeness (QED) is 0.654. The van der Waals surface area contributed by atoms with Crippen molar-refractivity contribution in [1.29, 1.82) is 0 Å². The summed E-state index contributed by atoms with van der Waals surface area (Å²) in [6.45, 7) is 4.48. The molecule has 0 heterocycles. The van der Waals surface area contributed by atoms with E-state index in [2.05, 4.69) is 5.32 Å². The number of nitrogens with two attached hydrogens (primary N) is 1. The maximum Gasteiger partial charge on any atom is 0.236 e. The topological polar surface area (TPSA) is 72.2 Å². The number of rotatable bonds is 6. The highest BCUT2D eigenvalue weighted by Crippen LogP contribution is 2.02. The molecule has 4 nitrogen and oxygen atoms in total. The molecule has 0 aliphatic rings. The van der Waals surface area contributed by atoms with Crippen LogP contribution in [0.3, 0.4) is 0 Å². The summed E-state index contributed by atoms with van der Waals surface area (Å²) in [6, 6.07) is -0.444. The fourth-order valence-corrected chi connectivity index (χ4v) is 1.45. The summed E-state index contributed by atoms with van der Waals surface area (Å²) in [5.74, 6) is 0.750. The molecule has 0 aliphatic carbocycles. The maximum absolute atomic E-state index is 11.3. The van der Waals surface area contributed by atoms with E-state index in [1.165, 1.54) is 0 Å². The predicted octanol–water partition coefficient (Wildman–Crippen LogP) is -0.145. The molecule has 0 saturated heterocycles. The first-order chi connectivity index (χ1) is 6.43. The highest BCUT2D eigenvalue weighted by Gasteiger charge is 2.13. The molecule has 2 unspecified atom stereocenters. The van der Waals surface area contributed by atoms with Crippen LogP contribution in [0.4, 0.5) is 0 Å². The summed E-state index contributed by atoms with van der Waals surface area (Å²) in [5, 5.41) is 2.66. The van der Waals surface area contributed by atoms with Crippen molar-refractivity contribution in [2.75, 3.05) is 18.6 Å². The summed E-state index contributed by atoms with van der Waals surface area (Å²) < 4.78 is 10.7. The van der Waals surface area contributed by atoms with Crippen molar-refractivity contribution >= 4 is 16.7 Å². The van der Waals surface area contributed by atoms with Gasteiger partial charge in [-0.2, -0.15) is 0 Å². The van der Waals surface area contributed by atoms with Gasteiger partial charge in [0.05, 0.1) is 6.04 Å². The minimum absolute atomic E-state index is 0.149. The van der Waals surface area contributed by atoms with E-state index >= 15 is 0 Å². The van der Waals surface area contributed by atoms with E-state index in [0.717, 1.165) is 0 Å². The number of carbonyl (C=O) groups is 1. The van der Waals surface area contributed by atoms with Gasteiger partial charge in [-0.25, -0.2) is 0 Å². The van der Waals surface area contributed by atoms with Crippen molar-refractivity contribution in [2.45, 2.75) is 26.3 Å². The molecule has 5 heteroatoms. The van der Waals surface area contributed by atoms with Crippen LogP contribution in [-0.2, 0) is 15.6 Å². The molecule has 3 N–H and O–H groups in total. The van der Waals surface area contributed by atoms with Gasteiger partial charge in [-0.1, -0.05) is 13.8 Å². The molecule has 0 aromatic rings. The monoisotopic (exact) mass is 220 g/mol. The molecule has 0 aliphatic heterocycles. The fraction of sp³-hybridized carbons (Fsp3) is 0.889. The number of carbonyl (C=O) groups excluding carboxylic acids is 1. The Kier molecular flexibility index (Phi) is 6.74. The summed E-state index contributed by atoms with van der Waals surface area (Å²) in [7, 11) is -0.861. The maximum atomic E-state index is 11.3. The first-order valence-electron chi connectivity index (χ1n) is 4.76. The van der Waals surface area contributed by atoms with E-state index in [1.54, 1.807) is 6.26 Å². The largest absolute Gasteiger partial charge is 0.354 e. The molecule has 0 aromatic carbocycles. The molecule has 0 fully saturated rings. The second kappa shape index (κ2) is 6.95. The summed E-state index contributed by atoms with van der Waals surface area (Å²) in [4.78, 5) is 11.3. The average Bonchev–Trinajstić information content (AvgIpc) is 2.01. The highest BCUT2D eigenvalue weighted by molar-refractivity contribution is 7.84. The van der Waals surface area contributed by atoms with Crippen molar-refractivity contribution in [1.82, 2.24) is 5.32 Å². The zero-order valence-electron chi connectivity index (χ0n) is 9.08. The van der Waals surface area contributed by atoms with Gasteiger partial charge in [-0.05, 0) is 12.3 Å². The Hall–Kier alpha value is -0.420. The molecule has 0 spiro atoms. The minimum atomic E-state index is -0.861. The number of hydrogen-bond acceptors (Lipinski definition) is 3. The lowest BCUT2D eigenvalue weighted by Gasteiger charge is -2.13. The second-order valence-corrected chi connectivity index (χ2v) is 5.36. The van der Waals surface area contributed by atoms with Crippen LogP contribution in [-0.4, -0.2) is 34.7 Å². The van der Waals surface area contributed by atoms with E-state index in [9.17, 15) is 9.00 Å². The van der Waals surface area contributed by atoms with Crippen LogP contribution in [0.1, 0.15) is 20.3 Å². The molecule has 0 saturated carbocycles. The zero-order chi connectivity index (χ0) is 11.1. The molecular formula is C9H20N2O2S. The van der Waals surface area contributed by atoms with Gasteiger partial charge in [0.1, 0.15) is 0 Å². The van der Waals surface area contributed by atoms with Gasteiger partial charge in [-0.3, -0.25) is 9.00 Å².